The van der Waals surface area contributed by atoms with Crippen LogP contribution in [-0.4, -0.2) is 53.1 Å². The number of hydrogen-bond acceptors (Lipinski definition) is 5. The van der Waals surface area contributed by atoms with Gasteiger partial charge < -0.3 is 15.1 Å². The van der Waals surface area contributed by atoms with E-state index in [0.29, 0.717) is 26.2 Å². The van der Waals surface area contributed by atoms with Crippen molar-refractivity contribution < 1.29 is 9.59 Å². The molecular weight excluding hydrogens is 330 g/mol. The molecule has 7 nitrogen and oxygen atoms in total. The van der Waals surface area contributed by atoms with Crippen LogP contribution < -0.4 is 10.2 Å². The van der Waals surface area contributed by atoms with E-state index >= 15 is 0 Å². The fourth-order valence-electron chi connectivity index (χ4n) is 2.92. The SMILES string of the molecule is CC(=O)N1CCN(c2ccc(C(=O)Nc3cc(C)ccc3C)nn2)CC1. The molecule has 0 spiro atoms. The van der Waals surface area contributed by atoms with E-state index in [2.05, 4.69) is 20.4 Å². The zero-order valence-electron chi connectivity index (χ0n) is 15.3. The average molecular weight is 353 g/mol. The Labute approximate surface area is 153 Å². The van der Waals surface area contributed by atoms with Crippen LogP contribution in [0.25, 0.3) is 0 Å². The zero-order valence-corrected chi connectivity index (χ0v) is 15.3. The lowest BCUT2D eigenvalue weighted by molar-refractivity contribution is -0.129. The Morgan fingerprint density at radius 1 is 1.00 bits per heavy atom. The Kier molecular flexibility index (Phi) is 5.16. The molecular formula is C19H23N5O2. The van der Waals surface area contributed by atoms with E-state index in [1.807, 2.05) is 36.9 Å². The van der Waals surface area contributed by atoms with Gasteiger partial charge in [0.1, 0.15) is 0 Å². The van der Waals surface area contributed by atoms with Crippen molar-refractivity contribution in [3.8, 4) is 0 Å². The molecule has 1 aliphatic heterocycles. The van der Waals surface area contributed by atoms with Gasteiger partial charge in [-0.2, -0.15) is 0 Å². The lowest BCUT2D eigenvalue weighted by Gasteiger charge is -2.34. The topological polar surface area (TPSA) is 78.4 Å². The minimum absolute atomic E-state index is 0.0918. The highest BCUT2D eigenvalue weighted by Crippen LogP contribution is 2.18. The maximum Gasteiger partial charge on any atom is 0.276 e. The van der Waals surface area contributed by atoms with Gasteiger partial charge in [-0.1, -0.05) is 12.1 Å². The molecule has 2 amide bonds. The second kappa shape index (κ2) is 7.51. The first-order chi connectivity index (χ1) is 12.4. The highest BCUT2D eigenvalue weighted by atomic mass is 16.2. The lowest BCUT2D eigenvalue weighted by atomic mass is 10.1. The third-order valence-electron chi connectivity index (χ3n) is 4.57. The number of nitrogens with zero attached hydrogens (tertiary/aromatic N) is 4. The molecule has 1 N–H and O–H groups in total. The number of aromatic nitrogens is 2. The Morgan fingerprint density at radius 2 is 1.73 bits per heavy atom. The predicted molar refractivity (Wildman–Crippen MR) is 100 cm³/mol. The normalized spacial score (nSPS) is 14.3. The number of hydrogen-bond donors (Lipinski definition) is 1. The van der Waals surface area contributed by atoms with Gasteiger partial charge >= 0.3 is 0 Å². The zero-order chi connectivity index (χ0) is 18.7. The largest absolute Gasteiger partial charge is 0.352 e. The molecule has 1 aliphatic rings. The molecule has 1 saturated heterocycles. The molecule has 2 aromatic rings. The van der Waals surface area contributed by atoms with E-state index in [9.17, 15) is 9.59 Å². The maximum absolute atomic E-state index is 12.4. The number of carbonyl (C=O) groups excluding carboxylic acids is 2. The fourth-order valence-corrected chi connectivity index (χ4v) is 2.92. The van der Waals surface area contributed by atoms with Crippen LogP contribution in [0.1, 0.15) is 28.5 Å². The summed E-state index contributed by atoms with van der Waals surface area (Å²) in [6, 6.07) is 9.39. The molecule has 1 aromatic carbocycles. The average Bonchev–Trinajstić information content (AvgIpc) is 2.65. The van der Waals surface area contributed by atoms with Gasteiger partial charge in [-0.25, -0.2) is 0 Å². The summed E-state index contributed by atoms with van der Waals surface area (Å²) in [6.45, 7) is 8.28. The van der Waals surface area contributed by atoms with Crippen molar-refractivity contribution in [3.05, 3.63) is 47.2 Å². The Balaban J connectivity index is 1.65. The van der Waals surface area contributed by atoms with Gasteiger partial charge in [-0.15, -0.1) is 10.2 Å². The number of aryl methyl sites for hydroxylation is 2. The van der Waals surface area contributed by atoms with Gasteiger partial charge in [0.2, 0.25) is 5.91 Å². The number of piperazine rings is 1. The Bertz CT molecular complexity index is 811. The van der Waals surface area contributed by atoms with Crippen LogP contribution in [0.2, 0.25) is 0 Å². The summed E-state index contributed by atoms with van der Waals surface area (Å²) in [4.78, 5) is 27.7. The van der Waals surface area contributed by atoms with Crippen molar-refractivity contribution >= 4 is 23.3 Å². The smallest absolute Gasteiger partial charge is 0.276 e. The van der Waals surface area contributed by atoms with Gasteiger partial charge in [0.25, 0.3) is 5.91 Å². The predicted octanol–water partition coefficient (Wildman–Crippen LogP) is 2.01. The molecule has 136 valence electrons. The number of rotatable bonds is 3. The van der Waals surface area contributed by atoms with Gasteiger partial charge in [0.15, 0.2) is 11.5 Å². The van der Waals surface area contributed by atoms with Gasteiger partial charge in [-0.3, -0.25) is 9.59 Å². The van der Waals surface area contributed by atoms with Crippen LogP contribution in [0.4, 0.5) is 11.5 Å². The van der Waals surface area contributed by atoms with Crippen molar-refractivity contribution in [2.45, 2.75) is 20.8 Å². The Morgan fingerprint density at radius 3 is 2.35 bits per heavy atom. The van der Waals surface area contributed by atoms with Crippen LogP contribution in [0, 0.1) is 13.8 Å². The monoisotopic (exact) mass is 353 g/mol. The summed E-state index contributed by atoms with van der Waals surface area (Å²) in [5.74, 6) is 0.532. The highest BCUT2D eigenvalue weighted by Gasteiger charge is 2.20. The molecule has 0 atom stereocenters. The molecule has 7 heteroatoms. The molecule has 3 rings (SSSR count). The summed E-state index contributed by atoms with van der Waals surface area (Å²) in [6.07, 6.45) is 0. The van der Waals surface area contributed by atoms with E-state index in [0.717, 1.165) is 22.6 Å². The summed E-state index contributed by atoms with van der Waals surface area (Å²) >= 11 is 0. The minimum Gasteiger partial charge on any atom is -0.352 e. The van der Waals surface area contributed by atoms with E-state index in [-0.39, 0.29) is 17.5 Å². The first-order valence-electron chi connectivity index (χ1n) is 8.67. The van der Waals surface area contributed by atoms with Gasteiger partial charge in [-0.05, 0) is 43.2 Å². The molecule has 1 fully saturated rings. The number of nitrogens with one attached hydrogen (secondary N) is 1. The van der Waals surface area contributed by atoms with Crippen molar-refractivity contribution in [1.29, 1.82) is 0 Å². The maximum atomic E-state index is 12.4. The molecule has 0 saturated carbocycles. The van der Waals surface area contributed by atoms with Crippen LogP contribution in [0.5, 0.6) is 0 Å². The lowest BCUT2D eigenvalue weighted by Crippen LogP contribution is -2.48. The molecule has 0 bridgehead atoms. The second-order valence-corrected chi connectivity index (χ2v) is 6.54. The van der Waals surface area contributed by atoms with E-state index < -0.39 is 0 Å². The fraction of sp³-hybridized carbons (Fsp3) is 0.368. The first kappa shape index (κ1) is 17.8. The van der Waals surface area contributed by atoms with Crippen LogP contribution in [0.15, 0.2) is 30.3 Å². The third-order valence-corrected chi connectivity index (χ3v) is 4.57. The van der Waals surface area contributed by atoms with Gasteiger partial charge in [0.05, 0.1) is 0 Å². The molecule has 2 heterocycles. The van der Waals surface area contributed by atoms with E-state index in [4.69, 9.17) is 0 Å². The van der Waals surface area contributed by atoms with Gasteiger partial charge in [0, 0.05) is 38.8 Å². The molecule has 0 radical (unpaired) electrons. The molecule has 0 unspecified atom stereocenters. The number of carbonyl (C=O) groups is 2. The van der Waals surface area contributed by atoms with Crippen molar-refractivity contribution in [1.82, 2.24) is 15.1 Å². The molecule has 1 aromatic heterocycles. The quantitative estimate of drug-likeness (QED) is 0.913. The molecule has 26 heavy (non-hydrogen) atoms. The van der Waals surface area contributed by atoms with Crippen LogP contribution in [-0.2, 0) is 4.79 Å². The van der Waals surface area contributed by atoms with Crippen molar-refractivity contribution in [3.63, 3.8) is 0 Å². The van der Waals surface area contributed by atoms with Crippen molar-refractivity contribution in [2.75, 3.05) is 36.4 Å². The summed E-state index contributed by atoms with van der Waals surface area (Å²) < 4.78 is 0. The number of benzene rings is 1. The first-order valence-corrected chi connectivity index (χ1v) is 8.67. The second-order valence-electron chi connectivity index (χ2n) is 6.54. The summed E-state index contributed by atoms with van der Waals surface area (Å²) in [7, 11) is 0. The Hall–Kier alpha value is -2.96. The van der Waals surface area contributed by atoms with Crippen LogP contribution >= 0.6 is 0 Å². The summed E-state index contributed by atoms with van der Waals surface area (Å²) in [5, 5.41) is 11.1. The standard InChI is InChI=1S/C19H23N5O2/c1-13-4-5-14(2)17(12-13)20-19(26)16-6-7-18(22-21-16)24-10-8-23(9-11-24)15(3)25/h4-7,12H,8-11H2,1-3H3,(H,20,26). The minimum atomic E-state index is -0.279. The number of anilines is 2. The molecule has 0 aliphatic carbocycles. The van der Waals surface area contributed by atoms with E-state index in [1.165, 1.54) is 0 Å². The summed E-state index contributed by atoms with van der Waals surface area (Å²) in [5.41, 5.74) is 3.13. The number of amides is 2. The van der Waals surface area contributed by atoms with Crippen LogP contribution in [0.3, 0.4) is 0 Å². The van der Waals surface area contributed by atoms with Crippen molar-refractivity contribution in [2.24, 2.45) is 0 Å². The van der Waals surface area contributed by atoms with E-state index in [1.54, 1.807) is 19.1 Å². The highest BCUT2D eigenvalue weighted by molar-refractivity contribution is 6.03. The third kappa shape index (κ3) is 3.99.